The van der Waals surface area contributed by atoms with E-state index in [1.807, 2.05) is 32.4 Å². The van der Waals surface area contributed by atoms with Crippen molar-refractivity contribution in [1.29, 1.82) is 0 Å². The maximum atomic E-state index is 13.0. The van der Waals surface area contributed by atoms with Crippen LogP contribution in [0.4, 0.5) is 4.79 Å². The molecule has 0 fully saturated rings. The SMILES string of the molecule is CN(C)CCc1c[nH]c2cccc(OC(=O)[C@H](CCCCN)NC(=O)OC(C)(C)C)c12.Cl. The van der Waals surface area contributed by atoms with Gasteiger partial charge in [-0.05, 0) is 84.8 Å². The molecule has 1 amide bonds. The van der Waals surface area contributed by atoms with Gasteiger partial charge in [0.15, 0.2) is 0 Å². The van der Waals surface area contributed by atoms with E-state index in [4.69, 9.17) is 15.2 Å². The van der Waals surface area contributed by atoms with E-state index >= 15 is 0 Å². The number of hydrogen-bond donors (Lipinski definition) is 3. The largest absolute Gasteiger partial charge is 0.444 e. The molecule has 32 heavy (non-hydrogen) atoms. The highest BCUT2D eigenvalue weighted by atomic mass is 35.5. The van der Waals surface area contributed by atoms with Crippen molar-refractivity contribution in [3.8, 4) is 5.75 Å². The average Bonchev–Trinajstić information content (AvgIpc) is 3.08. The van der Waals surface area contributed by atoms with Crippen molar-refractivity contribution in [2.24, 2.45) is 5.73 Å². The van der Waals surface area contributed by atoms with E-state index in [1.165, 1.54) is 0 Å². The highest BCUT2D eigenvalue weighted by Crippen LogP contribution is 2.29. The summed E-state index contributed by atoms with van der Waals surface area (Å²) < 4.78 is 11.1. The van der Waals surface area contributed by atoms with Gasteiger partial charge in [0.25, 0.3) is 0 Å². The second-order valence-corrected chi connectivity index (χ2v) is 8.95. The Bertz CT molecular complexity index is 876. The van der Waals surface area contributed by atoms with E-state index in [0.29, 0.717) is 25.1 Å². The van der Waals surface area contributed by atoms with Gasteiger partial charge in [0.1, 0.15) is 17.4 Å². The Kier molecular flexibility index (Phi) is 11.0. The summed E-state index contributed by atoms with van der Waals surface area (Å²) in [4.78, 5) is 30.6. The lowest BCUT2D eigenvalue weighted by molar-refractivity contribution is -0.136. The molecule has 1 heterocycles. The number of esters is 1. The highest BCUT2D eigenvalue weighted by molar-refractivity contribution is 5.92. The topological polar surface area (TPSA) is 110 Å². The Balaban J connectivity index is 0.00000512. The van der Waals surface area contributed by atoms with Crippen molar-refractivity contribution in [3.05, 3.63) is 30.0 Å². The highest BCUT2D eigenvalue weighted by Gasteiger charge is 2.26. The summed E-state index contributed by atoms with van der Waals surface area (Å²) in [6, 6.07) is 4.74. The molecule has 1 atom stereocenters. The molecule has 1 aromatic heterocycles. The molecule has 4 N–H and O–H groups in total. The third kappa shape index (κ3) is 8.68. The van der Waals surface area contributed by atoms with Crippen LogP contribution in [-0.2, 0) is 16.0 Å². The number of amides is 1. The number of halogens is 1. The third-order valence-corrected chi connectivity index (χ3v) is 4.71. The fourth-order valence-electron chi connectivity index (χ4n) is 3.22. The zero-order valence-corrected chi connectivity index (χ0v) is 20.5. The number of nitrogens with one attached hydrogen (secondary N) is 2. The van der Waals surface area contributed by atoms with E-state index in [9.17, 15) is 9.59 Å². The van der Waals surface area contributed by atoms with Gasteiger partial charge < -0.3 is 30.4 Å². The lowest BCUT2D eigenvalue weighted by atomic mass is 10.1. The molecule has 0 aliphatic heterocycles. The third-order valence-electron chi connectivity index (χ3n) is 4.71. The zero-order chi connectivity index (χ0) is 23.0. The molecule has 0 radical (unpaired) electrons. The van der Waals surface area contributed by atoms with Crippen LogP contribution in [0.5, 0.6) is 5.75 Å². The molecule has 9 heteroatoms. The molecular weight excluding hydrogens is 432 g/mol. The lowest BCUT2D eigenvalue weighted by Crippen LogP contribution is -2.45. The Morgan fingerprint density at radius 3 is 2.56 bits per heavy atom. The molecule has 0 aliphatic rings. The van der Waals surface area contributed by atoms with Gasteiger partial charge in [0.05, 0.1) is 0 Å². The maximum absolute atomic E-state index is 13.0. The molecule has 180 valence electrons. The number of carbonyl (C=O) groups excluding carboxylic acids is 2. The van der Waals surface area contributed by atoms with Gasteiger partial charge in [0, 0.05) is 23.6 Å². The predicted octanol–water partition coefficient (Wildman–Crippen LogP) is 3.62. The van der Waals surface area contributed by atoms with Crippen LogP contribution in [0, 0.1) is 0 Å². The molecule has 1 aromatic carbocycles. The molecule has 0 unspecified atom stereocenters. The van der Waals surface area contributed by atoms with Crippen LogP contribution in [0.15, 0.2) is 24.4 Å². The minimum atomic E-state index is -0.819. The second-order valence-electron chi connectivity index (χ2n) is 8.95. The smallest absolute Gasteiger partial charge is 0.408 e. The molecule has 0 saturated heterocycles. The zero-order valence-electron chi connectivity index (χ0n) is 19.7. The number of unbranched alkanes of at least 4 members (excludes halogenated alkanes) is 1. The van der Waals surface area contributed by atoms with Gasteiger partial charge in [-0.2, -0.15) is 0 Å². The molecule has 8 nitrogen and oxygen atoms in total. The van der Waals surface area contributed by atoms with Gasteiger partial charge in [-0.1, -0.05) is 6.07 Å². The first kappa shape index (κ1) is 27.7. The van der Waals surface area contributed by atoms with Crippen molar-refractivity contribution in [2.75, 3.05) is 27.2 Å². The van der Waals surface area contributed by atoms with Crippen molar-refractivity contribution in [1.82, 2.24) is 15.2 Å². The molecular formula is C23H37ClN4O4. The van der Waals surface area contributed by atoms with E-state index in [2.05, 4.69) is 15.2 Å². The van der Waals surface area contributed by atoms with Crippen molar-refractivity contribution in [3.63, 3.8) is 0 Å². The number of aromatic amines is 1. The second kappa shape index (κ2) is 12.7. The Morgan fingerprint density at radius 2 is 1.94 bits per heavy atom. The van der Waals surface area contributed by atoms with E-state index in [0.717, 1.165) is 35.9 Å². The number of likely N-dealkylation sites (N-methyl/N-ethyl adjacent to an activating group) is 1. The number of ether oxygens (including phenoxy) is 2. The number of fused-ring (bicyclic) bond motifs is 1. The van der Waals surface area contributed by atoms with Gasteiger partial charge >= 0.3 is 12.1 Å². The molecule has 2 aromatic rings. The number of benzene rings is 1. The van der Waals surface area contributed by atoms with Crippen molar-refractivity contribution < 1.29 is 19.1 Å². The molecule has 0 saturated carbocycles. The number of nitrogens with two attached hydrogens (primary N) is 1. The van der Waals surface area contributed by atoms with Gasteiger partial charge in [0.2, 0.25) is 0 Å². The normalized spacial score (nSPS) is 12.3. The van der Waals surface area contributed by atoms with Crippen LogP contribution in [0.25, 0.3) is 10.9 Å². The van der Waals surface area contributed by atoms with Gasteiger partial charge in [-0.25, -0.2) is 9.59 Å². The maximum Gasteiger partial charge on any atom is 0.408 e. The van der Waals surface area contributed by atoms with E-state index in [-0.39, 0.29) is 12.4 Å². The van der Waals surface area contributed by atoms with E-state index < -0.39 is 23.7 Å². The van der Waals surface area contributed by atoms with Gasteiger partial charge in [-0.3, -0.25) is 0 Å². The lowest BCUT2D eigenvalue weighted by Gasteiger charge is -2.23. The fourth-order valence-corrected chi connectivity index (χ4v) is 3.22. The number of alkyl carbamates (subject to hydrolysis) is 1. The van der Waals surface area contributed by atoms with Crippen LogP contribution in [0.3, 0.4) is 0 Å². The predicted molar refractivity (Wildman–Crippen MR) is 130 cm³/mol. The standard InChI is InChI=1S/C23H36N4O4.ClH/c1-23(2,3)31-22(29)26-18(9-6-7-13-24)21(28)30-19-11-8-10-17-20(19)16(15-25-17)12-14-27(4)5;/h8,10-11,15,18,25H,6-7,9,12-14,24H2,1-5H3,(H,26,29);1H/t18-;/m0./s1. The number of hydrogen-bond acceptors (Lipinski definition) is 6. The number of nitrogens with zero attached hydrogens (tertiary/aromatic N) is 1. The quantitative estimate of drug-likeness (QED) is 0.279. The summed E-state index contributed by atoms with van der Waals surface area (Å²) in [7, 11) is 4.04. The van der Waals surface area contributed by atoms with Crippen LogP contribution < -0.4 is 15.8 Å². The Labute approximate surface area is 196 Å². The number of rotatable bonds is 10. The van der Waals surface area contributed by atoms with Crippen LogP contribution in [0.2, 0.25) is 0 Å². The summed E-state index contributed by atoms with van der Waals surface area (Å²) in [5, 5.41) is 3.54. The van der Waals surface area contributed by atoms with Crippen molar-refractivity contribution in [2.45, 2.75) is 58.1 Å². The minimum absolute atomic E-state index is 0. The molecule has 0 bridgehead atoms. The summed E-state index contributed by atoms with van der Waals surface area (Å²) in [5.74, 6) is -0.0394. The number of aromatic nitrogens is 1. The Morgan fingerprint density at radius 1 is 1.22 bits per heavy atom. The minimum Gasteiger partial charge on any atom is -0.444 e. The summed E-state index contributed by atoms with van der Waals surface area (Å²) >= 11 is 0. The van der Waals surface area contributed by atoms with Gasteiger partial charge in [-0.15, -0.1) is 12.4 Å². The monoisotopic (exact) mass is 468 g/mol. The number of H-pyrrole nitrogens is 1. The summed E-state index contributed by atoms with van der Waals surface area (Å²) in [5.41, 5.74) is 6.90. The Hall–Kier alpha value is -2.29. The van der Waals surface area contributed by atoms with Crippen LogP contribution >= 0.6 is 12.4 Å². The average molecular weight is 469 g/mol. The number of carbonyl (C=O) groups is 2. The fraction of sp³-hybridized carbons (Fsp3) is 0.565. The molecule has 0 spiro atoms. The van der Waals surface area contributed by atoms with Crippen molar-refractivity contribution >= 4 is 35.4 Å². The summed E-state index contributed by atoms with van der Waals surface area (Å²) in [6.45, 7) is 6.71. The first-order valence-electron chi connectivity index (χ1n) is 10.8. The molecule has 2 rings (SSSR count). The summed E-state index contributed by atoms with van der Waals surface area (Å²) in [6.07, 6.45) is 3.98. The molecule has 0 aliphatic carbocycles. The first-order chi connectivity index (χ1) is 14.6. The van der Waals surface area contributed by atoms with E-state index in [1.54, 1.807) is 26.8 Å². The first-order valence-corrected chi connectivity index (χ1v) is 10.8. The van der Waals surface area contributed by atoms with Crippen LogP contribution in [-0.4, -0.2) is 60.8 Å². The van der Waals surface area contributed by atoms with Crippen LogP contribution in [0.1, 0.15) is 45.6 Å².